The fraction of sp³-hybridized carbons (Fsp3) is 0.500. The quantitative estimate of drug-likeness (QED) is 0.713. The molecule has 0 amide bonds. The van der Waals surface area contributed by atoms with Crippen LogP contribution in [0, 0.1) is 0 Å². The Hall–Kier alpha value is -0.810. The lowest BCUT2D eigenvalue weighted by Crippen LogP contribution is -2.09. The molecule has 0 fully saturated rings. The highest BCUT2D eigenvalue weighted by Gasteiger charge is 2.07. The molecule has 0 aromatic carbocycles. The zero-order valence-corrected chi connectivity index (χ0v) is 8.20. The Balaban J connectivity index is 2.50. The number of rotatable bonds is 4. The van der Waals surface area contributed by atoms with Crippen molar-refractivity contribution in [3.05, 3.63) is 18.5 Å². The third-order valence-electron chi connectivity index (χ3n) is 1.47. The fourth-order valence-corrected chi connectivity index (χ4v) is 1.87. The molecule has 2 atom stereocenters. The van der Waals surface area contributed by atoms with Gasteiger partial charge in [-0.2, -0.15) is 0 Å². The van der Waals surface area contributed by atoms with Crippen LogP contribution in [-0.4, -0.2) is 31.1 Å². The molecule has 0 saturated heterocycles. The largest absolute Gasteiger partial charge is 0.393 e. The van der Waals surface area contributed by atoms with Crippen LogP contribution in [0.3, 0.4) is 0 Å². The minimum atomic E-state index is -1.19. The monoisotopic (exact) mass is 200 g/mol. The number of aliphatic hydroxyl groups excluding tert-OH is 1. The average Bonchev–Trinajstić information content (AvgIpc) is 2.15. The fourth-order valence-electron chi connectivity index (χ4n) is 0.772. The van der Waals surface area contributed by atoms with Gasteiger partial charge in [0.05, 0.1) is 16.9 Å². The van der Waals surface area contributed by atoms with Gasteiger partial charge in [-0.3, -0.25) is 4.21 Å². The molecule has 1 rings (SSSR count). The van der Waals surface area contributed by atoms with Gasteiger partial charge in [-0.05, 0) is 19.4 Å². The van der Waals surface area contributed by atoms with Crippen molar-refractivity contribution in [1.29, 1.82) is 0 Å². The summed E-state index contributed by atoms with van der Waals surface area (Å²) in [6.45, 7) is 1.67. The molecule has 1 heterocycles. The molecule has 0 saturated carbocycles. The van der Waals surface area contributed by atoms with E-state index in [1.165, 1.54) is 0 Å². The van der Waals surface area contributed by atoms with Crippen LogP contribution in [0.1, 0.15) is 13.3 Å². The van der Waals surface area contributed by atoms with Gasteiger partial charge < -0.3 is 5.11 Å². The van der Waals surface area contributed by atoms with Crippen molar-refractivity contribution >= 4 is 10.8 Å². The van der Waals surface area contributed by atoms with Crippen molar-refractivity contribution in [2.75, 3.05) is 5.75 Å². The van der Waals surface area contributed by atoms with Gasteiger partial charge in [-0.1, -0.05) is 0 Å². The number of aliphatic hydroxyl groups is 1. The normalized spacial score (nSPS) is 15.2. The van der Waals surface area contributed by atoms with Crippen LogP contribution < -0.4 is 0 Å². The Bertz CT molecular complexity index is 277. The Kier molecular flexibility index (Phi) is 3.98. The number of aromatic nitrogens is 2. The van der Waals surface area contributed by atoms with Crippen molar-refractivity contribution in [2.45, 2.75) is 24.6 Å². The zero-order valence-electron chi connectivity index (χ0n) is 7.38. The van der Waals surface area contributed by atoms with Gasteiger partial charge in [0.2, 0.25) is 5.16 Å². The molecule has 0 aliphatic carbocycles. The molecule has 5 heteroatoms. The minimum Gasteiger partial charge on any atom is -0.393 e. The summed E-state index contributed by atoms with van der Waals surface area (Å²) in [6, 6.07) is 1.68. The van der Waals surface area contributed by atoms with Crippen molar-refractivity contribution in [1.82, 2.24) is 9.97 Å². The third-order valence-corrected chi connectivity index (χ3v) is 2.69. The first-order valence-electron chi connectivity index (χ1n) is 4.03. The summed E-state index contributed by atoms with van der Waals surface area (Å²) in [5.41, 5.74) is 0. The van der Waals surface area contributed by atoms with Gasteiger partial charge in [0, 0.05) is 18.1 Å². The van der Waals surface area contributed by atoms with Crippen molar-refractivity contribution in [2.24, 2.45) is 0 Å². The molecule has 13 heavy (non-hydrogen) atoms. The topological polar surface area (TPSA) is 63.1 Å². The van der Waals surface area contributed by atoms with Gasteiger partial charge in [0.1, 0.15) is 0 Å². The summed E-state index contributed by atoms with van der Waals surface area (Å²) in [5.74, 6) is 0.404. The lowest BCUT2D eigenvalue weighted by Gasteiger charge is -2.02. The molecule has 0 spiro atoms. The van der Waals surface area contributed by atoms with Crippen molar-refractivity contribution in [3.8, 4) is 0 Å². The first-order valence-corrected chi connectivity index (χ1v) is 5.35. The molecule has 1 aromatic heterocycles. The molecule has 0 radical (unpaired) electrons. The SMILES string of the molecule is CC(O)CCS(=O)c1ncccn1. The molecular formula is C8H12N2O2S. The van der Waals surface area contributed by atoms with Gasteiger partial charge >= 0.3 is 0 Å². The molecule has 1 N–H and O–H groups in total. The zero-order chi connectivity index (χ0) is 9.68. The second-order valence-electron chi connectivity index (χ2n) is 2.72. The van der Waals surface area contributed by atoms with Gasteiger partial charge in [-0.25, -0.2) is 9.97 Å². The molecule has 4 nitrogen and oxygen atoms in total. The molecule has 1 aromatic rings. The van der Waals surface area contributed by atoms with Crippen molar-refractivity contribution < 1.29 is 9.32 Å². The highest BCUT2D eigenvalue weighted by atomic mass is 32.2. The van der Waals surface area contributed by atoms with E-state index in [1.807, 2.05) is 0 Å². The maximum Gasteiger partial charge on any atom is 0.218 e. The maximum absolute atomic E-state index is 11.4. The van der Waals surface area contributed by atoms with E-state index >= 15 is 0 Å². The summed E-state index contributed by atoms with van der Waals surface area (Å²) in [4.78, 5) is 7.73. The lowest BCUT2D eigenvalue weighted by molar-refractivity contribution is 0.192. The first kappa shape index (κ1) is 10.3. The molecule has 0 bridgehead atoms. The predicted octanol–water partition coefficient (Wildman–Crippen LogP) is 0.355. The van der Waals surface area contributed by atoms with E-state index < -0.39 is 16.9 Å². The minimum absolute atomic E-state index is 0.336. The highest BCUT2D eigenvalue weighted by molar-refractivity contribution is 7.84. The number of hydrogen-bond acceptors (Lipinski definition) is 4. The average molecular weight is 200 g/mol. The number of nitrogens with zero attached hydrogens (tertiary/aromatic N) is 2. The molecule has 0 aliphatic heterocycles. The summed E-state index contributed by atoms with van der Waals surface area (Å²) in [5, 5.41) is 9.31. The molecule has 72 valence electrons. The van der Waals surface area contributed by atoms with E-state index in [0.717, 1.165) is 0 Å². The molecular weight excluding hydrogens is 188 g/mol. The van der Waals surface area contributed by atoms with E-state index in [2.05, 4.69) is 9.97 Å². The Labute approximate surface area is 79.5 Å². The molecule has 2 unspecified atom stereocenters. The van der Waals surface area contributed by atoms with E-state index in [0.29, 0.717) is 17.3 Å². The summed E-state index contributed by atoms with van der Waals surface area (Å²) >= 11 is 0. The third kappa shape index (κ3) is 3.61. The van der Waals surface area contributed by atoms with Crippen LogP contribution in [0.2, 0.25) is 0 Å². The van der Waals surface area contributed by atoms with E-state index in [4.69, 9.17) is 5.11 Å². The van der Waals surface area contributed by atoms with Gasteiger partial charge in [-0.15, -0.1) is 0 Å². The van der Waals surface area contributed by atoms with Crippen molar-refractivity contribution in [3.63, 3.8) is 0 Å². The summed E-state index contributed by atoms with van der Waals surface area (Å²) in [7, 11) is -1.19. The standard InChI is InChI=1S/C8H12N2O2S/c1-7(11)3-6-13(12)8-9-4-2-5-10-8/h2,4-5,7,11H,3,6H2,1H3. The Morgan fingerprint density at radius 3 is 2.69 bits per heavy atom. The smallest absolute Gasteiger partial charge is 0.218 e. The second-order valence-corrected chi connectivity index (χ2v) is 4.18. The van der Waals surface area contributed by atoms with Crippen LogP contribution in [0.5, 0.6) is 0 Å². The molecule has 0 aliphatic rings. The maximum atomic E-state index is 11.4. The van der Waals surface area contributed by atoms with Gasteiger partial charge in [0.25, 0.3) is 0 Å². The van der Waals surface area contributed by atoms with Crippen LogP contribution in [-0.2, 0) is 10.8 Å². The van der Waals surface area contributed by atoms with Crippen LogP contribution >= 0.6 is 0 Å². The van der Waals surface area contributed by atoms with Gasteiger partial charge in [0.15, 0.2) is 0 Å². The number of hydrogen-bond donors (Lipinski definition) is 1. The van der Waals surface area contributed by atoms with E-state index in [9.17, 15) is 4.21 Å². The van der Waals surface area contributed by atoms with Crippen LogP contribution in [0.25, 0.3) is 0 Å². The van der Waals surface area contributed by atoms with Crippen LogP contribution in [0.15, 0.2) is 23.6 Å². The Morgan fingerprint density at radius 2 is 2.15 bits per heavy atom. The van der Waals surface area contributed by atoms with E-state index in [1.54, 1.807) is 25.4 Å². The summed E-state index contributed by atoms with van der Waals surface area (Å²) < 4.78 is 11.4. The first-order chi connectivity index (χ1) is 6.20. The highest BCUT2D eigenvalue weighted by Crippen LogP contribution is 2.00. The predicted molar refractivity (Wildman–Crippen MR) is 49.6 cm³/mol. The summed E-state index contributed by atoms with van der Waals surface area (Å²) in [6.07, 6.45) is 3.20. The second kappa shape index (κ2) is 5.04. The van der Waals surface area contributed by atoms with E-state index in [-0.39, 0.29) is 0 Å². The lowest BCUT2D eigenvalue weighted by atomic mass is 10.3. The van der Waals surface area contributed by atoms with Crippen LogP contribution in [0.4, 0.5) is 0 Å². The Morgan fingerprint density at radius 1 is 1.54 bits per heavy atom.